The number of carbonyl (C=O) groups is 1. The van der Waals surface area contributed by atoms with E-state index in [4.69, 9.17) is 4.74 Å². The molecule has 3 nitrogen and oxygen atoms in total. The molecular formula is C15H29NO2. The van der Waals surface area contributed by atoms with Crippen LogP contribution in [0.5, 0.6) is 0 Å². The Morgan fingerprint density at radius 3 is 2.39 bits per heavy atom. The number of carbonyl (C=O) groups excluding carboxylic acids is 1. The molecule has 1 unspecified atom stereocenters. The van der Waals surface area contributed by atoms with Crippen LogP contribution in [0, 0.1) is 5.41 Å². The molecule has 0 aromatic heterocycles. The Morgan fingerprint density at radius 2 is 1.83 bits per heavy atom. The molecule has 1 heterocycles. The third kappa shape index (κ3) is 4.97. The second-order valence-corrected chi connectivity index (χ2v) is 7.26. The van der Waals surface area contributed by atoms with Crippen LogP contribution in [0.4, 0.5) is 0 Å². The molecule has 106 valence electrons. The lowest BCUT2D eigenvalue weighted by atomic mass is 9.85. The Morgan fingerprint density at radius 1 is 1.22 bits per heavy atom. The molecule has 1 atom stereocenters. The van der Waals surface area contributed by atoms with Gasteiger partial charge in [0.15, 0.2) is 0 Å². The van der Waals surface area contributed by atoms with Crippen LogP contribution in [0.25, 0.3) is 0 Å². The summed E-state index contributed by atoms with van der Waals surface area (Å²) in [6.07, 6.45) is 3.56. The van der Waals surface area contributed by atoms with E-state index in [1.165, 1.54) is 12.8 Å². The molecule has 0 amide bonds. The average Bonchev–Trinajstić information content (AvgIpc) is 2.35. The molecule has 1 saturated heterocycles. The maximum absolute atomic E-state index is 12.1. The standard InChI is InChI=1S/C15H29NO2/c1-12(13(17)18-14(2,3)4)16-10-7-8-15(5,6)9-11-16/h12H,7-11H2,1-6H3. The summed E-state index contributed by atoms with van der Waals surface area (Å²) >= 11 is 0. The molecule has 1 rings (SSSR count). The number of esters is 1. The number of nitrogens with zero attached hydrogens (tertiary/aromatic N) is 1. The SMILES string of the molecule is CC(C(=O)OC(C)(C)C)N1CCCC(C)(C)CC1. The molecule has 1 aliphatic rings. The monoisotopic (exact) mass is 255 g/mol. The normalized spacial score (nSPS) is 23.2. The lowest BCUT2D eigenvalue weighted by molar-refractivity contribution is -0.160. The average molecular weight is 255 g/mol. The molecule has 0 saturated carbocycles. The number of ether oxygens (including phenoxy) is 1. The van der Waals surface area contributed by atoms with Crippen LogP contribution in [0.3, 0.4) is 0 Å². The van der Waals surface area contributed by atoms with Crippen LogP contribution >= 0.6 is 0 Å². The lowest BCUT2D eigenvalue weighted by Gasteiger charge is -2.29. The predicted octanol–water partition coefficient (Wildman–Crippen LogP) is 3.23. The molecule has 1 aliphatic heterocycles. The third-order valence-corrected chi connectivity index (χ3v) is 3.67. The third-order valence-electron chi connectivity index (χ3n) is 3.67. The van der Waals surface area contributed by atoms with Crippen LogP contribution in [0.15, 0.2) is 0 Å². The van der Waals surface area contributed by atoms with Gasteiger partial charge in [0.1, 0.15) is 11.6 Å². The Bertz CT molecular complexity index is 291. The summed E-state index contributed by atoms with van der Waals surface area (Å²) in [4.78, 5) is 14.3. The molecular weight excluding hydrogens is 226 g/mol. The van der Waals surface area contributed by atoms with Crippen molar-refractivity contribution in [3.05, 3.63) is 0 Å². The largest absolute Gasteiger partial charge is 0.459 e. The highest BCUT2D eigenvalue weighted by Crippen LogP contribution is 2.30. The van der Waals surface area contributed by atoms with Crippen LogP contribution in [0.1, 0.15) is 60.8 Å². The van der Waals surface area contributed by atoms with Crippen LogP contribution in [-0.4, -0.2) is 35.6 Å². The highest BCUT2D eigenvalue weighted by atomic mass is 16.6. The van der Waals surface area contributed by atoms with Gasteiger partial charge in [-0.2, -0.15) is 0 Å². The van der Waals surface area contributed by atoms with E-state index < -0.39 is 5.60 Å². The van der Waals surface area contributed by atoms with E-state index >= 15 is 0 Å². The number of rotatable bonds is 2. The van der Waals surface area contributed by atoms with Crippen molar-refractivity contribution in [2.75, 3.05) is 13.1 Å². The second kappa shape index (κ2) is 5.60. The summed E-state index contributed by atoms with van der Waals surface area (Å²) in [5.74, 6) is -0.0952. The van der Waals surface area contributed by atoms with E-state index in [0.717, 1.165) is 19.5 Å². The number of hydrogen-bond acceptors (Lipinski definition) is 3. The second-order valence-electron chi connectivity index (χ2n) is 7.26. The molecule has 0 bridgehead atoms. The summed E-state index contributed by atoms with van der Waals surface area (Å²) in [6, 6.07) is -0.127. The van der Waals surface area contributed by atoms with E-state index in [9.17, 15) is 4.79 Å². The highest BCUT2D eigenvalue weighted by molar-refractivity contribution is 5.75. The van der Waals surface area contributed by atoms with Gasteiger partial charge in [0.05, 0.1) is 0 Å². The van der Waals surface area contributed by atoms with Crippen molar-refractivity contribution in [3.8, 4) is 0 Å². The van der Waals surface area contributed by atoms with Gasteiger partial charge in [-0.3, -0.25) is 9.69 Å². The van der Waals surface area contributed by atoms with Crippen molar-refractivity contribution in [1.82, 2.24) is 4.90 Å². The maximum atomic E-state index is 12.1. The van der Waals surface area contributed by atoms with Gasteiger partial charge in [-0.25, -0.2) is 0 Å². The Hall–Kier alpha value is -0.570. The van der Waals surface area contributed by atoms with Crippen molar-refractivity contribution in [3.63, 3.8) is 0 Å². The van der Waals surface area contributed by atoms with Crippen molar-refractivity contribution >= 4 is 5.97 Å². The van der Waals surface area contributed by atoms with Crippen LogP contribution in [0.2, 0.25) is 0 Å². The summed E-state index contributed by atoms with van der Waals surface area (Å²) in [5.41, 5.74) is 0.0128. The summed E-state index contributed by atoms with van der Waals surface area (Å²) in [5, 5.41) is 0. The first-order valence-electron chi connectivity index (χ1n) is 7.08. The molecule has 3 heteroatoms. The van der Waals surface area contributed by atoms with Crippen molar-refractivity contribution in [2.24, 2.45) is 5.41 Å². The number of likely N-dealkylation sites (tertiary alicyclic amines) is 1. The first kappa shape index (κ1) is 15.5. The zero-order valence-electron chi connectivity index (χ0n) is 12.9. The van der Waals surface area contributed by atoms with Crippen molar-refractivity contribution in [2.45, 2.75) is 72.4 Å². The molecule has 0 radical (unpaired) electrons. The fourth-order valence-electron chi connectivity index (χ4n) is 2.37. The zero-order chi connectivity index (χ0) is 14.0. The van der Waals surface area contributed by atoms with Gasteiger partial charge in [0, 0.05) is 0 Å². The molecule has 0 aromatic rings. The first-order chi connectivity index (χ1) is 8.11. The minimum Gasteiger partial charge on any atom is -0.459 e. The first-order valence-corrected chi connectivity index (χ1v) is 7.08. The number of hydrogen-bond donors (Lipinski definition) is 0. The van der Waals surface area contributed by atoms with Gasteiger partial charge in [-0.05, 0) is 65.5 Å². The van der Waals surface area contributed by atoms with E-state index in [0.29, 0.717) is 5.41 Å². The van der Waals surface area contributed by atoms with Crippen LogP contribution in [-0.2, 0) is 9.53 Å². The molecule has 1 fully saturated rings. The Kier molecular flexibility index (Phi) is 4.82. The van der Waals surface area contributed by atoms with Gasteiger partial charge in [-0.1, -0.05) is 13.8 Å². The van der Waals surface area contributed by atoms with E-state index in [1.807, 2.05) is 27.7 Å². The molecule has 0 N–H and O–H groups in total. The topological polar surface area (TPSA) is 29.5 Å². The van der Waals surface area contributed by atoms with Gasteiger partial charge in [-0.15, -0.1) is 0 Å². The molecule has 0 aromatic carbocycles. The Balaban J connectivity index is 2.56. The summed E-state index contributed by atoms with van der Waals surface area (Å²) in [7, 11) is 0. The minimum atomic E-state index is -0.392. The van der Waals surface area contributed by atoms with Gasteiger partial charge in [0.25, 0.3) is 0 Å². The van der Waals surface area contributed by atoms with E-state index in [1.54, 1.807) is 0 Å². The smallest absolute Gasteiger partial charge is 0.323 e. The van der Waals surface area contributed by atoms with Gasteiger partial charge < -0.3 is 4.74 Å². The van der Waals surface area contributed by atoms with Gasteiger partial charge in [0.2, 0.25) is 0 Å². The molecule has 0 spiro atoms. The zero-order valence-corrected chi connectivity index (χ0v) is 12.9. The van der Waals surface area contributed by atoms with E-state index in [-0.39, 0.29) is 12.0 Å². The van der Waals surface area contributed by atoms with Crippen molar-refractivity contribution < 1.29 is 9.53 Å². The summed E-state index contributed by atoms with van der Waals surface area (Å²) < 4.78 is 5.46. The fourth-order valence-corrected chi connectivity index (χ4v) is 2.37. The highest BCUT2D eigenvalue weighted by Gasteiger charge is 2.30. The summed E-state index contributed by atoms with van der Waals surface area (Å²) in [6.45, 7) is 14.3. The van der Waals surface area contributed by atoms with E-state index in [2.05, 4.69) is 18.7 Å². The predicted molar refractivity (Wildman–Crippen MR) is 74.5 cm³/mol. The quantitative estimate of drug-likeness (QED) is 0.710. The molecule has 18 heavy (non-hydrogen) atoms. The minimum absolute atomic E-state index is 0.0952. The Labute approximate surface area is 112 Å². The maximum Gasteiger partial charge on any atom is 0.323 e. The molecule has 0 aliphatic carbocycles. The fraction of sp³-hybridized carbons (Fsp3) is 0.933. The van der Waals surface area contributed by atoms with Gasteiger partial charge >= 0.3 is 5.97 Å². The van der Waals surface area contributed by atoms with Crippen LogP contribution < -0.4 is 0 Å². The van der Waals surface area contributed by atoms with Crippen molar-refractivity contribution in [1.29, 1.82) is 0 Å². The lowest BCUT2D eigenvalue weighted by Crippen LogP contribution is -2.43.